The van der Waals surface area contributed by atoms with Crippen molar-refractivity contribution < 1.29 is 4.79 Å². The molecule has 0 spiro atoms. The van der Waals surface area contributed by atoms with E-state index in [9.17, 15) is 4.79 Å². The number of aromatic nitrogens is 2. The van der Waals surface area contributed by atoms with E-state index in [1.165, 1.54) is 24.1 Å². The summed E-state index contributed by atoms with van der Waals surface area (Å²) in [6.07, 6.45) is 7.71. The maximum absolute atomic E-state index is 13.2. The predicted octanol–water partition coefficient (Wildman–Crippen LogP) is 4.53. The van der Waals surface area contributed by atoms with Gasteiger partial charge in [0.05, 0.1) is 5.69 Å². The number of hydrogen-bond acceptors (Lipinski definition) is 2. The molecule has 132 valence electrons. The summed E-state index contributed by atoms with van der Waals surface area (Å²) in [5.41, 5.74) is 4.12. The number of benzene rings is 1. The summed E-state index contributed by atoms with van der Waals surface area (Å²) >= 11 is 3.49. The minimum Gasteiger partial charge on any atom is -0.335 e. The van der Waals surface area contributed by atoms with Gasteiger partial charge in [-0.1, -0.05) is 15.9 Å². The van der Waals surface area contributed by atoms with Crippen LogP contribution in [0.2, 0.25) is 0 Å². The first-order valence-electron chi connectivity index (χ1n) is 9.33. The Balaban J connectivity index is 1.75. The van der Waals surface area contributed by atoms with Gasteiger partial charge in [0.25, 0.3) is 5.91 Å². The van der Waals surface area contributed by atoms with Crippen molar-refractivity contribution >= 4 is 21.8 Å². The van der Waals surface area contributed by atoms with Gasteiger partial charge in [-0.2, -0.15) is 5.10 Å². The molecule has 0 saturated carbocycles. The summed E-state index contributed by atoms with van der Waals surface area (Å²) in [5, 5.41) is 4.81. The highest BCUT2D eigenvalue weighted by Crippen LogP contribution is 2.29. The van der Waals surface area contributed by atoms with E-state index in [1.54, 1.807) is 0 Å². The van der Waals surface area contributed by atoms with Crippen LogP contribution in [0.5, 0.6) is 0 Å². The largest absolute Gasteiger partial charge is 0.335 e. The number of carbonyl (C=O) groups is 1. The van der Waals surface area contributed by atoms with Crippen LogP contribution in [0.4, 0.5) is 0 Å². The van der Waals surface area contributed by atoms with E-state index in [4.69, 9.17) is 5.10 Å². The Labute approximate surface area is 157 Å². The average molecular weight is 402 g/mol. The van der Waals surface area contributed by atoms with E-state index in [0.717, 1.165) is 48.8 Å². The van der Waals surface area contributed by atoms with E-state index >= 15 is 0 Å². The molecule has 1 saturated heterocycles. The van der Waals surface area contributed by atoms with Gasteiger partial charge in [0, 0.05) is 28.3 Å². The van der Waals surface area contributed by atoms with Crippen LogP contribution in [-0.4, -0.2) is 33.2 Å². The van der Waals surface area contributed by atoms with E-state index in [0.29, 0.717) is 11.7 Å². The number of fused-ring (bicyclic) bond motifs is 1. The van der Waals surface area contributed by atoms with Crippen LogP contribution in [-0.2, 0) is 12.8 Å². The monoisotopic (exact) mass is 401 g/mol. The van der Waals surface area contributed by atoms with Crippen molar-refractivity contribution in [2.75, 3.05) is 6.54 Å². The Kier molecular flexibility index (Phi) is 4.67. The fourth-order valence-corrected chi connectivity index (χ4v) is 4.37. The molecule has 0 radical (unpaired) electrons. The van der Waals surface area contributed by atoms with E-state index in [1.807, 2.05) is 21.7 Å². The van der Waals surface area contributed by atoms with Crippen molar-refractivity contribution in [2.24, 2.45) is 0 Å². The van der Waals surface area contributed by atoms with Crippen molar-refractivity contribution in [3.63, 3.8) is 0 Å². The molecule has 2 aliphatic rings. The third kappa shape index (κ3) is 3.14. The molecule has 5 heteroatoms. The number of likely N-dealkylation sites (tertiary alicyclic amines) is 1. The maximum Gasteiger partial charge on any atom is 0.274 e. The summed E-state index contributed by atoms with van der Waals surface area (Å²) < 4.78 is 3.05. The molecule has 0 N–H and O–H groups in total. The molecular formula is C20H24BrN3O. The molecular weight excluding hydrogens is 378 g/mol. The Morgan fingerprint density at radius 3 is 2.64 bits per heavy atom. The zero-order valence-electron chi connectivity index (χ0n) is 14.7. The van der Waals surface area contributed by atoms with Crippen molar-refractivity contribution in [1.82, 2.24) is 14.7 Å². The zero-order chi connectivity index (χ0) is 17.4. The van der Waals surface area contributed by atoms with Crippen LogP contribution in [0.15, 0.2) is 28.7 Å². The summed E-state index contributed by atoms with van der Waals surface area (Å²) in [7, 11) is 0. The van der Waals surface area contributed by atoms with Crippen LogP contribution in [0.3, 0.4) is 0 Å². The van der Waals surface area contributed by atoms with E-state index in [-0.39, 0.29) is 5.91 Å². The summed E-state index contributed by atoms with van der Waals surface area (Å²) in [6, 6.07) is 8.49. The van der Waals surface area contributed by atoms with Gasteiger partial charge in [-0.05, 0) is 76.1 Å². The van der Waals surface area contributed by atoms with Gasteiger partial charge < -0.3 is 4.90 Å². The molecule has 1 aliphatic heterocycles. The maximum atomic E-state index is 13.2. The molecule has 4 rings (SSSR count). The molecule has 0 bridgehead atoms. The quantitative estimate of drug-likeness (QED) is 0.741. The highest BCUT2D eigenvalue weighted by molar-refractivity contribution is 9.10. The fraction of sp³-hybridized carbons (Fsp3) is 0.500. The molecule has 2 aromatic rings. The van der Waals surface area contributed by atoms with Crippen molar-refractivity contribution in [2.45, 2.75) is 57.9 Å². The third-order valence-corrected chi connectivity index (χ3v) is 6.05. The molecule has 1 aromatic heterocycles. The number of piperidine rings is 1. The number of rotatable bonds is 2. The fourth-order valence-electron chi connectivity index (χ4n) is 4.10. The van der Waals surface area contributed by atoms with Crippen LogP contribution in [0, 0.1) is 0 Å². The number of amides is 1. The standard InChI is InChI=1S/C20H24BrN3O/c1-14-6-4-5-13-23(14)20(25)19-17-7-2-3-8-18(17)24(22-19)16-11-9-15(21)10-12-16/h9-12,14H,2-8,13H2,1H3/t14-/m0/s1. The Bertz CT molecular complexity index is 781. The first-order valence-corrected chi connectivity index (χ1v) is 10.1. The van der Waals surface area contributed by atoms with E-state index in [2.05, 4.69) is 35.0 Å². The van der Waals surface area contributed by atoms with Crippen molar-refractivity contribution in [3.8, 4) is 5.69 Å². The first kappa shape index (κ1) is 16.8. The molecule has 0 unspecified atom stereocenters. The molecule has 1 amide bonds. The highest BCUT2D eigenvalue weighted by Gasteiger charge is 2.31. The summed E-state index contributed by atoms with van der Waals surface area (Å²) in [6.45, 7) is 3.02. The summed E-state index contributed by atoms with van der Waals surface area (Å²) in [4.78, 5) is 15.3. The Hall–Kier alpha value is -1.62. The third-order valence-electron chi connectivity index (χ3n) is 5.52. The van der Waals surface area contributed by atoms with E-state index < -0.39 is 0 Å². The number of halogens is 1. The second-order valence-electron chi connectivity index (χ2n) is 7.21. The molecule has 1 atom stereocenters. The van der Waals surface area contributed by atoms with Gasteiger partial charge in [-0.15, -0.1) is 0 Å². The number of carbonyl (C=O) groups excluding carboxylic acids is 1. The minimum absolute atomic E-state index is 0.126. The second kappa shape index (κ2) is 6.94. The van der Waals surface area contributed by atoms with Crippen molar-refractivity contribution in [3.05, 3.63) is 45.7 Å². The molecule has 1 aliphatic carbocycles. The second-order valence-corrected chi connectivity index (χ2v) is 8.13. The lowest BCUT2D eigenvalue weighted by Gasteiger charge is -2.33. The lowest BCUT2D eigenvalue weighted by atomic mass is 9.94. The van der Waals surface area contributed by atoms with Crippen LogP contribution < -0.4 is 0 Å². The van der Waals surface area contributed by atoms with Crippen LogP contribution >= 0.6 is 15.9 Å². The zero-order valence-corrected chi connectivity index (χ0v) is 16.3. The SMILES string of the molecule is C[C@H]1CCCCN1C(=O)c1nn(-c2ccc(Br)cc2)c2c1CCCC2. The highest BCUT2D eigenvalue weighted by atomic mass is 79.9. The molecule has 4 nitrogen and oxygen atoms in total. The lowest BCUT2D eigenvalue weighted by molar-refractivity contribution is 0.0628. The van der Waals surface area contributed by atoms with Gasteiger partial charge in [-0.3, -0.25) is 4.79 Å². The van der Waals surface area contributed by atoms with Gasteiger partial charge in [0.15, 0.2) is 5.69 Å². The molecule has 1 aromatic carbocycles. The molecule has 1 fully saturated rings. The number of hydrogen-bond donors (Lipinski definition) is 0. The van der Waals surface area contributed by atoms with Crippen LogP contribution in [0.1, 0.15) is 60.8 Å². The molecule has 25 heavy (non-hydrogen) atoms. The summed E-state index contributed by atoms with van der Waals surface area (Å²) in [5.74, 6) is 0.126. The number of nitrogens with zero attached hydrogens (tertiary/aromatic N) is 3. The average Bonchev–Trinajstić information content (AvgIpc) is 3.02. The first-order chi connectivity index (χ1) is 12.1. The Morgan fingerprint density at radius 1 is 1.12 bits per heavy atom. The van der Waals surface area contributed by atoms with Gasteiger partial charge in [0.1, 0.15) is 0 Å². The minimum atomic E-state index is 0.126. The van der Waals surface area contributed by atoms with Gasteiger partial charge in [0.2, 0.25) is 0 Å². The topological polar surface area (TPSA) is 38.1 Å². The molecule has 2 heterocycles. The van der Waals surface area contributed by atoms with Crippen molar-refractivity contribution in [1.29, 1.82) is 0 Å². The Morgan fingerprint density at radius 2 is 1.88 bits per heavy atom. The van der Waals surface area contributed by atoms with Gasteiger partial charge >= 0.3 is 0 Å². The lowest BCUT2D eigenvalue weighted by Crippen LogP contribution is -2.42. The normalized spacial score (nSPS) is 20.4. The predicted molar refractivity (Wildman–Crippen MR) is 102 cm³/mol. The smallest absolute Gasteiger partial charge is 0.274 e. The van der Waals surface area contributed by atoms with Gasteiger partial charge in [-0.25, -0.2) is 4.68 Å². The van der Waals surface area contributed by atoms with Crippen LogP contribution in [0.25, 0.3) is 5.69 Å².